The molecule has 0 aromatic rings. The van der Waals surface area contributed by atoms with E-state index < -0.39 is 13.9 Å². The van der Waals surface area contributed by atoms with E-state index in [-0.39, 0.29) is 12.3 Å². The third-order valence-corrected chi connectivity index (χ3v) is 9.54. The first kappa shape index (κ1) is 19.5. The van der Waals surface area contributed by atoms with Gasteiger partial charge in [0.25, 0.3) is 0 Å². The van der Waals surface area contributed by atoms with Gasteiger partial charge in [-0.2, -0.15) is 0 Å². The molecular formula is C17H30N5O3P. The zero-order chi connectivity index (χ0) is 18.4. The Morgan fingerprint density at radius 3 is 1.73 bits per heavy atom. The van der Waals surface area contributed by atoms with Crippen LogP contribution in [0.4, 0.5) is 0 Å². The molecule has 0 N–H and O–H groups in total. The van der Waals surface area contributed by atoms with E-state index in [2.05, 4.69) is 19.2 Å². The van der Waals surface area contributed by atoms with Gasteiger partial charge in [0.2, 0.25) is 0 Å². The van der Waals surface area contributed by atoms with Gasteiger partial charge in [0.15, 0.2) is 0 Å². The summed E-state index contributed by atoms with van der Waals surface area (Å²) in [7, 11) is -2.69. The maximum absolute atomic E-state index is 12.0. The first-order valence-corrected chi connectivity index (χ1v) is 11.6. The Kier molecular flexibility index (Phi) is 6.82. The third-order valence-electron chi connectivity index (χ3n) is 5.39. The number of ether oxygens (including phenoxy) is 1. The number of oxime groups is 1. The molecule has 146 valence electrons. The molecule has 3 saturated heterocycles. The van der Waals surface area contributed by atoms with Crippen molar-refractivity contribution in [2.24, 2.45) is 5.16 Å². The van der Waals surface area contributed by atoms with Crippen LogP contribution < -0.4 is 0 Å². The first-order chi connectivity index (χ1) is 12.7. The molecule has 0 radical (unpaired) electrons. The van der Waals surface area contributed by atoms with Crippen LogP contribution in [0.2, 0.25) is 0 Å². The molecule has 0 unspecified atom stereocenters. The van der Waals surface area contributed by atoms with Gasteiger partial charge in [-0.3, -0.25) is 0 Å². The molecule has 0 amide bonds. The van der Waals surface area contributed by atoms with E-state index in [4.69, 9.17) is 9.36 Å². The van der Waals surface area contributed by atoms with Crippen LogP contribution in [0.5, 0.6) is 0 Å². The molecule has 0 aromatic heterocycles. The number of hydrogen-bond acceptors (Lipinski definition) is 8. The Morgan fingerprint density at radius 2 is 1.38 bits per heavy atom. The van der Waals surface area contributed by atoms with Gasteiger partial charge in [-0.25, -0.2) is 0 Å². The van der Waals surface area contributed by atoms with E-state index in [1.165, 1.54) is 0 Å². The second kappa shape index (κ2) is 9.09. The molecule has 3 aliphatic rings. The van der Waals surface area contributed by atoms with Crippen LogP contribution in [0.25, 0.3) is 0 Å². The number of carbonyl (C=O) groups is 1. The maximum atomic E-state index is 12.0. The zero-order valence-corrected chi connectivity index (χ0v) is 16.7. The van der Waals surface area contributed by atoms with Gasteiger partial charge in [0.05, 0.1) is 0 Å². The van der Waals surface area contributed by atoms with Crippen LogP contribution in [0.3, 0.4) is 0 Å². The summed E-state index contributed by atoms with van der Waals surface area (Å²) >= 11 is 0. The molecule has 0 spiro atoms. The van der Waals surface area contributed by atoms with Crippen LogP contribution in [-0.4, -0.2) is 71.6 Å². The second-order valence-corrected chi connectivity index (χ2v) is 10.2. The molecule has 0 bridgehead atoms. The van der Waals surface area contributed by atoms with Crippen LogP contribution in [0.15, 0.2) is 5.16 Å². The summed E-state index contributed by atoms with van der Waals surface area (Å²) in [5.41, 5.74) is -0.290. The van der Waals surface area contributed by atoms with Gasteiger partial charge in [-0.05, 0) is 0 Å². The molecule has 9 heteroatoms. The van der Waals surface area contributed by atoms with Gasteiger partial charge in [-0.15, -0.1) is 0 Å². The Morgan fingerprint density at radius 1 is 0.962 bits per heavy atom. The molecule has 0 aromatic carbocycles. The van der Waals surface area contributed by atoms with Crippen molar-refractivity contribution in [3.05, 3.63) is 0 Å². The predicted molar refractivity (Wildman–Crippen MR) is 102 cm³/mol. The summed E-state index contributed by atoms with van der Waals surface area (Å²) in [6.07, 6.45) is 6.96. The Hall–Kier alpha value is -1.26. The number of esters is 1. The number of rotatable bonds is 7. The summed E-state index contributed by atoms with van der Waals surface area (Å²) in [5.74, 6) is -0.706. The van der Waals surface area contributed by atoms with Gasteiger partial charge in [-0.1, -0.05) is 0 Å². The van der Waals surface area contributed by atoms with Crippen molar-refractivity contribution in [1.82, 2.24) is 14.0 Å². The van der Waals surface area contributed by atoms with Crippen molar-refractivity contribution in [3.63, 3.8) is 0 Å². The van der Waals surface area contributed by atoms with E-state index >= 15 is 0 Å². The summed E-state index contributed by atoms with van der Waals surface area (Å²) in [6, 6.07) is 1.85. The monoisotopic (exact) mass is 383 g/mol. The molecule has 3 heterocycles. The topological polar surface area (TPSA) is 81.4 Å². The van der Waals surface area contributed by atoms with Gasteiger partial charge < -0.3 is 0 Å². The normalized spacial score (nSPS) is 23.9. The fraction of sp³-hybridized carbons (Fsp3) is 0.824. The van der Waals surface area contributed by atoms with Crippen molar-refractivity contribution >= 4 is 19.6 Å². The fourth-order valence-electron chi connectivity index (χ4n) is 4.21. The number of nitriles is 1. The summed E-state index contributed by atoms with van der Waals surface area (Å²) in [6.45, 7) is 7.90. The van der Waals surface area contributed by atoms with Crippen molar-refractivity contribution in [3.8, 4) is 6.07 Å². The van der Waals surface area contributed by atoms with Gasteiger partial charge in [0, 0.05) is 0 Å². The average Bonchev–Trinajstić information content (AvgIpc) is 3.43. The van der Waals surface area contributed by atoms with Crippen molar-refractivity contribution < 1.29 is 14.2 Å². The quantitative estimate of drug-likeness (QED) is 0.288. The van der Waals surface area contributed by atoms with Crippen LogP contribution in [0, 0.1) is 11.3 Å². The standard InChI is InChI=1S/C17H30N5O3P/c1-2-24-17(23)16(15-18)19-25-26(20-9-3-4-10-20,21-11-5-6-12-21)22-13-7-8-14-22/h26H,2-14H2,1H3. The summed E-state index contributed by atoms with van der Waals surface area (Å²) in [4.78, 5) is 12.0. The minimum absolute atomic E-state index is 0.215. The third kappa shape index (κ3) is 3.86. The summed E-state index contributed by atoms with van der Waals surface area (Å²) < 4.78 is 18.6. The molecule has 0 atom stereocenters. The zero-order valence-electron chi connectivity index (χ0n) is 15.7. The second-order valence-electron chi connectivity index (χ2n) is 7.02. The molecular weight excluding hydrogens is 353 g/mol. The number of carbonyl (C=O) groups excluding carboxylic acids is 1. The Bertz CT molecular complexity index is 520. The van der Waals surface area contributed by atoms with E-state index in [9.17, 15) is 10.1 Å². The molecule has 0 saturated carbocycles. The number of nitrogens with zero attached hydrogens (tertiary/aromatic N) is 5. The van der Waals surface area contributed by atoms with E-state index in [1.54, 1.807) is 6.92 Å². The average molecular weight is 383 g/mol. The molecule has 3 fully saturated rings. The van der Waals surface area contributed by atoms with E-state index in [0.29, 0.717) is 0 Å². The van der Waals surface area contributed by atoms with Crippen molar-refractivity contribution in [2.45, 2.75) is 45.4 Å². The molecule has 3 aliphatic heterocycles. The SMILES string of the molecule is CCOC(=O)C(C#N)=NO[PH](N1CCCC1)(N1CCCC1)N1CCCC1. The van der Waals surface area contributed by atoms with E-state index in [1.807, 2.05) is 6.07 Å². The van der Waals surface area contributed by atoms with Gasteiger partial charge >= 0.3 is 156 Å². The van der Waals surface area contributed by atoms with Crippen molar-refractivity contribution in [1.29, 1.82) is 5.26 Å². The minimum atomic E-state index is -2.69. The van der Waals surface area contributed by atoms with Crippen LogP contribution in [0.1, 0.15) is 45.4 Å². The molecule has 8 nitrogen and oxygen atoms in total. The van der Waals surface area contributed by atoms with Crippen LogP contribution >= 0.6 is 7.94 Å². The van der Waals surface area contributed by atoms with Crippen LogP contribution in [-0.2, 0) is 14.2 Å². The number of hydrogen-bond donors (Lipinski definition) is 0. The Balaban J connectivity index is 1.92. The van der Waals surface area contributed by atoms with E-state index in [0.717, 1.165) is 77.8 Å². The Labute approximate surface area is 156 Å². The predicted octanol–water partition coefficient (Wildman–Crippen LogP) is 2.14. The molecule has 3 rings (SSSR count). The summed E-state index contributed by atoms with van der Waals surface area (Å²) in [5, 5.41) is 13.4. The fourth-order valence-corrected chi connectivity index (χ4v) is 8.66. The first-order valence-electron chi connectivity index (χ1n) is 9.81. The molecule has 0 aliphatic carbocycles. The van der Waals surface area contributed by atoms with Gasteiger partial charge in [0.1, 0.15) is 0 Å². The van der Waals surface area contributed by atoms with Crippen molar-refractivity contribution in [2.75, 3.05) is 45.9 Å². The molecule has 26 heavy (non-hydrogen) atoms.